The number of rotatable bonds is 4. The second kappa shape index (κ2) is 11.0. The number of piperidine rings is 1. The molecule has 2 fully saturated rings. The van der Waals surface area contributed by atoms with Gasteiger partial charge in [0.1, 0.15) is 0 Å². The summed E-state index contributed by atoms with van der Waals surface area (Å²) in [5.74, 6) is -0.397. The SMILES string of the molecule is CC(=O)O.CCN1CCC(C(=O)N(C)c2ccc(N3CCNCC3)cc2)CC1. The fourth-order valence-corrected chi connectivity index (χ4v) is 3.71. The molecule has 0 spiro atoms. The van der Waals surface area contributed by atoms with Gasteiger partial charge in [0, 0.05) is 57.4 Å². The van der Waals surface area contributed by atoms with Gasteiger partial charge in [0.2, 0.25) is 5.91 Å². The Kier molecular flexibility index (Phi) is 8.73. The van der Waals surface area contributed by atoms with Gasteiger partial charge in [-0.25, -0.2) is 0 Å². The third-order valence-electron chi connectivity index (χ3n) is 5.43. The smallest absolute Gasteiger partial charge is 0.300 e. The van der Waals surface area contributed by atoms with Crippen LogP contribution in [0.1, 0.15) is 26.7 Å². The molecule has 1 amide bonds. The molecule has 0 bridgehead atoms. The molecule has 0 unspecified atom stereocenters. The van der Waals surface area contributed by atoms with Gasteiger partial charge < -0.3 is 25.1 Å². The minimum absolute atomic E-state index is 0.172. The van der Waals surface area contributed by atoms with Crippen molar-refractivity contribution in [2.24, 2.45) is 5.92 Å². The van der Waals surface area contributed by atoms with Crippen LogP contribution in [0.4, 0.5) is 11.4 Å². The van der Waals surface area contributed by atoms with Gasteiger partial charge in [-0.2, -0.15) is 0 Å². The summed E-state index contributed by atoms with van der Waals surface area (Å²) in [5.41, 5.74) is 2.24. The Morgan fingerprint density at radius 1 is 1.11 bits per heavy atom. The summed E-state index contributed by atoms with van der Waals surface area (Å²) in [6, 6.07) is 8.45. The molecular formula is C21H34N4O3. The fourth-order valence-electron chi connectivity index (χ4n) is 3.71. The van der Waals surface area contributed by atoms with Crippen molar-refractivity contribution >= 4 is 23.3 Å². The van der Waals surface area contributed by atoms with Gasteiger partial charge in [-0.3, -0.25) is 9.59 Å². The van der Waals surface area contributed by atoms with Crippen molar-refractivity contribution in [1.82, 2.24) is 10.2 Å². The molecule has 2 N–H and O–H groups in total. The van der Waals surface area contributed by atoms with Gasteiger partial charge in [-0.1, -0.05) is 6.92 Å². The lowest BCUT2D eigenvalue weighted by atomic mass is 9.95. The Bertz CT molecular complexity index is 617. The van der Waals surface area contributed by atoms with Gasteiger partial charge in [0.05, 0.1) is 0 Å². The normalized spacial score (nSPS) is 18.2. The molecule has 2 aliphatic heterocycles. The summed E-state index contributed by atoms with van der Waals surface area (Å²) in [7, 11) is 1.91. The number of hydrogen-bond donors (Lipinski definition) is 2. The first kappa shape index (κ1) is 22.2. The van der Waals surface area contributed by atoms with E-state index in [9.17, 15) is 4.79 Å². The number of amides is 1. The van der Waals surface area contributed by atoms with Crippen LogP contribution in [0.5, 0.6) is 0 Å². The number of hydrogen-bond acceptors (Lipinski definition) is 5. The third kappa shape index (κ3) is 6.49. The highest BCUT2D eigenvalue weighted by Crippen LogP contribution is 2.24. The molecule has 0 atom stereocenters. The molecule has 0 aromatic heterocycles. The summed E-state index contributed by atoms with van der Waals surface area (Å²) in [6.45, 7) is 10.6. The van der Waals surface area contributed by atoms with Crippen molar-refractivity contribution in [2.75, 3.05) is 62.7 Å². The second-order valence-electron chi connectivity index (χ2n) is 7.38. The maximum atomic E-state index is 12.8. The van der Waals surface area contributed by atoms with Crippen molar-refractivity contribution in [2.45, 2.75) is 26.7 Å². The van der Waals surface area contributed by atoms with E-state index in [1.54, 1.807) is 0 Å². The van der Waals surface area contributed by atoms with E-state index in [4.69, 9.17) is 9.90 Å². The Morgan fingerprint density at radius 2 is 1.64 bits per heavy atom. The van der Waals surface area contributed by atoms with Crippen molar-refractivity contribution in [3.63, 3.8) is 0 Å². The summed E-state index contributed by atoms with van der Waals surface area (Å²) in [6.07, 6.45) is 1.96. The number of carbonyl (C=O) groups is 2. The quantitative estimate of drug-likeness (QED) is 0.818. The molecular weight excluding hydrogens is 356 g/mol. The topological polar surface area (TPSA) is 76.1 Å². The number of carboxylic acid groups (broad SMARTS) is 1. The maximum Gasteiger partial charge on any atom is 0.300 e. The summed E-state index contributed by atoms with van der Waals surface area (Å²) >= 11 is 0. The first-order valence-electron chi connectivity index (χ1n) is 10.2. The molecule has 2 saturated heterocycles. The van der Waals surface area contributed by atoms with Crippen LogP contribution in [-0.2, 0) is 9.59 Å². The zero-order valence-electron chi connectivity index (χ0n) is 17.4. The minimum atomic E-state index is -0.833. The lowest BCUT2D eigenvalue weighted by Gasteiger charge is -2.33. The lowest BCUT2D eigenvalue weighted by Crippen LogP contribution is -2.43. The molecule has 3 rings (SSSR count). The third-order valence-corrected chi connectivity index (χ3v) is 5.43. The highest BCUT2D eigenvalue weighted by Gasteiger charge is 2.27. The van der Waals surface area contributed by atoms with Crippen LogP contribution in [0, 0.1) is 5.92 Å². The molecule has 2 heterocycles. The summed E-state index contributed by atoms with van der Waals surface area (Å²) in [4.78, 5) is 28.4. The van der Waals surface area contributed by atoms with E-state index >= 15 is 0 Å². The van der Waals surface area contributed by atoms with Crippen molar-refractivity contribution < 1.29 is 14.7 Å². The predicted octanol–water partition coefficient (Wildman–Crippen LogP) is 1.88. The van der Waals surface area contributed by atoms with E-state index in [2.05, 4.69) is 46.3 Å². The Morgan fingerprint density at radius 3 is 2.14 bits per heavy atom. The van der Waals surface area contributed by atoms with E-state index in [0.717, 1.165) is 71.3 Å². The van der Waals surface area contributed by atoms with Gasteiger partial charge >= 0.3 is 0 Å². The monoisotopic (exact) mass is 390 g/mol. The lowest BCUT2D eigenvalue weighted by molar-refractivity contribution is -0.134. The fraction of sp³-hybridized carbons (Fsp3) is 0.619. The molecule has 7 nitrogen and oxygen atoms in total. The zero-order valence-corrected chi connectivity index (χ0v) is 17.4. The number of likely N-dealkylation sites (tertiary alicyclic amines) is 1. The van der Waals surface area contributed by atoms with Crippen LogP contribution in [0.3, 0.4) is 0 Å². The largest absolute Gasteiger partial charge is 0.481 e. The molecule has 1 aromatic rings. The summed E-state index contributed by atoms with van der Waals surface area (Å²) < 4.78 is 0. The zero-order chi connectivity index (χ0) is 20.5. The molecule has 2 aliphatic rings. The second-order valence-corrected chi connectivity index (χ2v) is 7.38. The van der Waals surface area contributed by atoms with Crippen LogP contribution in [0.15, 0.2) is 24.3 Å². The minimum Gasteiger partial charge on any atom is -0.481 e. The van der Waals surface area contributed by atoms with E-state index in [1.165, 1.54) is 5.69 Å². The number of carboxylic acids is 1. The average molecular weight is 391 g/mol. The number of nitrogens with zero attached hydrogens (tertiary/aromatic N) is 3. The van der Waals surface area contributed by atoms with Crippen LogP contribution in [0.25, 0.3) is 0 Å². The van der Waals surface area contributed by atoms with Crippen LogP contribution < -0.4 is 15.1 Å². The number of benzene rings is 1. The van der Waals surface area contributed by atoms with E-state index < -0.39 is 5.97 Å². The number of piperazine rings is 1. The molecule has 0 radical (unpaired) electrons. The van der Waals surface area contributed by atoms with Crippen LogP contribution >= 0.6 is 0 Å². The molecule has 28 heavy (non-hydrogen) atoms. The first-order chi connectivity index (χ1) is 13.4. The highest BCUT2D eigenvalue weighted by atomic mass is 16.4. The molecule has 0 aliphatic carbocycles. The highest BCUT2D eigenvalue weighted by molar-refractivity contribution is 5.94. The van der Waals surface area contributed by atoms with Crippen LogP contribution in [-0.4, -0.2) is 74.7 Å². The summed E-state index contributed by atoms with van der Waals surface area (Å²) in [5, 5.41) is 10.8. The first-order valence-corrected chi connectivity index (χ1v) is 10.2. The van der Waals surface area contributed by atoms with Crippen molar-refractivity contribution in [1.29, 1.82) is 0 Å². The number of aliphatic carboxylic acids is 1. The standard InChI is InChI=1S/C19H30N4O.C2H4O2/c1-3-22-12-8-16(9-13-22)19(24)21(2)17-4-6-18(7-5-17)23-14-10-20-11-15-23;1-2(3)4/h4-7,16,20H,3,8-15H2,1-2H3;1H3,(H,3,4). The van der Waals surface area contributed by atoms with Crippen LogP contribution in [0.2, 0.25) is 0 Å². The van der Waals surface area contributed by atoms with Gasteiger partial charge in [0.15, 0.2) is 0 Å². The van der Waals surface area contributed by atoms with E-state index in [-0.39, 0.29) is 11.8 Å². The van der Waals surface area contributed by atoms with Gasteiger partial charge in [-0.05, 0) is 56.7 Å². The predicted molar refractivity (Wildman–Crippen MR) is 113 cm³/mol. The maximum absolute atomic E-state index is 12.8. The van der Waals surface area contributed by atoms with Crippen molar-refractivity contribution in [3.05, 3.63) is 24.3 Å². The molecule has 0 saturated carbocycles. The molecule has 7 heteroatoms. The number of anilines is 2. The Labute approximate surface area is 168 Å². The number of nitrogens with one attached hydrogen (secondary N) is 1. The molecule has 1 aromatic carbocycles. The van der Waals surface area contributed by atoms with Gasteiger partial charge in [0.25, 0.3) is 5.97 Å². The van der Waals surface area contributed by atoms with Gasteiger partial charge in [-0.15, -0.1) is 0 Å². The number of carbonyl (C=O) groups excluding carboxylic acids is 1. The average Bonchev–Trinajstić information content (AvgIpc) is 2.73. The van der Waals surface area contributed by atoms with Crippen molar-refractivity contribution in [3.8, 4) is 0 Å². The molecule has 156 valence electrons. The Hall–Kier alpha value is -2.12. The Balaban J connectivity index is 0.000000640. The van der Waals surface area contributed by atoms with E-state index in [1.807, 2.05) is 11.9 Å². The van der Waals surface area contributed by atoms with E-state index in [0.29, 0.717) is 0 Å².